The van der Waals surface area contributed by atoms with E-state index in [1.54, 1.807) is 14.0 Å². The second-order valence-electron chi connectivity index (χ2n) is 5.27. The SMILES string of the molecule is CCCNC(=O)CN(C)C(=O)C(C)C(N)c1ccccc1. The Kier molecular flexibility index (Phi) is 6.88. The van der Waals surface area contributed by atoms with E-state index in [-0.39, 0.29) is 30.3 Å². The summed E-state index contributed by atoms with van der Waals surface area (Å²) >= 11 is 0. The molecule has 2 amide bonds. The van der Waals surface area contributed by atoms with Crippen LogP contribution in [0, 0.1) is 5.92 Å². The number of likely N-dealkylation sites (N-methyl/N-ethyl adjacent to an activating group) is 1. The number of rotatable bonds is 7. The molecule has 0 aliphatic rings. The van der Waals surface area contributed by atoms with Crippen molar-refractivity contribution >= 4 is 11.8 Å². The molecule has 0 fully saturated rings. The molecule has 0 aromatic heterocycles. The topological polar surface area (TPSA) is 75.4 Å². The third-order valence-electron chi connectivity index (χ3n) is 3.44. The molecule has 0 aliphatic heterocycles. The van der Waals surface area contributed by atoms with Gasteiger partial charge < -0.3 is 16.0 Å². The Labute approximate surface area is 126 Å². The van der Waals surface area contributed by atoms with Gasteiger partial charge in [0.15, 0.2) is 0 Å². The van der Waals surface area contributed by atoms with Crippen LogP contribution in [-0.2, 0) is 9.59 Å². The van der Waals surface area contributed by atoms with Crippen LogP contribution >= 0.6 is 0 Å². The highest BCUT2D eigenvalue weighted by atomic mass is 16.2. The molecule has 5 nitrogen and oxygen atoms in total. The predicted molar refractivity (Wildman–Crippen MR) is 83.5 cm³/mol. The molecule has 0 heterocycles. The van der Waals surface area contributed by atoms with Crippen molar-refractivity contribution in [3.05, 3.63) is 35.9 Å². The largest absolute Gasteiger partial charge is 0.355 e. The zero-order valence-electron chi connectivity index (χ0n) is 13.0. The lowest BCUT2D eigenvalue weighted by atomic mass is 9.94. The molecule has 3 N–H and O–H groups in total. The average molecular weight is 291 g/mol. The first-order chi connectivity index (χ1) is 9.97. The first-order valence-electron chi connectivity index (χ1n) is 7.29. The van der Waals surface area contributed by atoms with E-state index in [1.165, 1.54) is 4.90 Å². The minimum atomic E-state index is -0.378. The van der Waals surface area contributed by atoms with E-state index in [2.05, 4.69) is 5.32 Å². The summed E-state index contributed by atoms with van der Waals surface area (Å²) in [6, 6.07) is 9.14. The molecule has 0 aliphatic carbocycles. The number of carbonyl (C=O) groups is 2. The molecule has 21 heavy (non-hydrogen) atoms. The summed E-state index contributed by atoms with van der Waals surface area (Å²) < 4.78 is 0. The fraction of sp³-hybridized carbons (Fsp3) is 0.500. The Bertz CT molecular complexity index is 462. The van der Waals surface area contributed by atoms with E-state index in [1.807, 2.05) is 37.3 Å². The number of nitrogens with two attached hydrogens (primary N) is 1. The second kappa shape index (κ2) is 8.42. The number of benzene rings is 1. The Balaban J connectivity index is 2.59. The Hall–Kier alpha value is -1.88. The first kappa shape index (κ1) is 17.2. The summed E-state index contributed by atoms with van der Waals surface area (Å²) in [5, 5.41) is 2.75. The van der Waals surface area contributed by atoms with Crippen molar-refractivity contribution in [1.82, 2.24) is 10.2 Å². The van der Waals surface area contributed by atoms with E-state index in [0.29, 0.717) is 6.54 Å². The maximum atomic E-state index is 12.3. The van der Waals surface area contributed by atoms with Crippen LogP contribution in [0.2, 0.25) is 0 Å². The van der Waals surface area contributed by atoms with Gasteiger partial charge in [0.1, 0.15) is 0 Å². The summed E-state index contributed by atoms with van der Waals surface area (Å²) in [4.78, 5) is 25.4. The van der Waals surface area contributed by atoms with Crippen LogP contribution in [0.15, 0.2) is 30.3 Å². The molecule has 1 aromatic carbocycles. The molecule has 0 spiro atoms. The van der Waals surface area contributed by atoms with E-state index < -0.39 is 0 Å². The van der Waals surface area contributed by atoms with Gasteiger partial charge in [0, 0.05) is 19.6 Å². The van der Waals surface area contributed by atoms with Gasteiger partial charge in [-0.25, -0.2) is 0 Å². The fourth-order valence-corrected chi connectivity index (χ4v) is 2.08. The van der Waals surface area contributed by atoms with Crippen molar-refractivity contribution in [2.45, 2.75) is 26.3 Å². The maximum absolute atomic E-state index is 12.3. The second-order valence-corrected chi connectivity index (χ2v) is 5.27. The van der Waals surface area contributed by atoms with Gasteiger partial charge in [0.25, 0.3) is 0 Å². The third kappa shape index (κ3) is 5.19. The van der Waals surface area contributed by atoms with Gasteiger partial charge in [-0.15, -0.1) is 0 Å². The molecule has 0 radical (unpaired) electrons. The van der Waals surface area contributed by atoms with Crippen molar-refractivity contribution < 1.29 is 9.59 Å². The summed E-state index contributed by atoms with van der Waals surface area (Å²) in [5.74, 6) is -0.650. The van der Waals surface area contributed by atoms with Crippen molar-refractivity contribution in [3.8, 4) is 0 Å². The van der Waals surface area contributed by atoms with E-state index >= 15 is 0 Å². The van der Waals surface area contributed by atoms with Crippen LogP contribution in [0.4, 0.5) is 0 Å². The molecular formula is C16H25N3O2. The average Bonchev–Trinajstić information content (AvgIpc) is 2.51. The van der Waals surface area contributed by atoms with Crippen molar-refractivity contribution in [3.63, 3.8) is 0 Å². The summed E-state index contributed by atoms with van der Waals surface area (Å²) in [6.07, 6.45) is 0.874. The highest BCUT2D eigenvalue weighted by molar-refractivity contribution is 5.86. The number of hydrogen-bond donors (Lipinski definition) is 2. The number of hydrogen-bond acceptors (Lipinski definition) is 3. The van der Waals surface area contributed by atoms with Crippen LogP contribution in [0.3, 0.4) is 0 Å². The highest BCUT2D eigenvalue weighted by Gasteiger charge is 2.25. The minimum absolute atomic E-state index is 0.0602. The molecular weight excluding hydrogens is 266 g/mol. The molecule has 0 saturated heterocycles. The lowest BCUT2D eigenvalue weighted by Crippen LogP contribution is -2.42. The smallest absolute Gasteiger partial charge is 0.239 e. The first-order valence-corrected chi connectivity index (χ1v) is 7.29. The van der Waals surface area contributed by atoms with Gasteiger partial charge in [0.05, 0.1) is 12.5 Å². The molecule has 5 heteroatoms. The Morgan fingerprint density at radius 3 is 2.48 bits per heavy atom. The van der Waals surface area contributed by atoms with Gasteiger partial charge >= 0.3 is 0 Å². The standard InChI is InChI=1S/C16H25N3O2/c1-4-10-18-14(20)11-19(3)16(21)12(2)15(17)13-8-6-5-7-9-13/h5-9,12,15H,4,10-11,17H2,1-3H3,(H,18,20). The normalized spacial score (nSPS) is 13.3. The fourth-order valence-electron chi connectivity index (χ4n) is 2.08. The summed E-state index contributed by atoms with van der Waals surface area (Å²) in [7, 11) is 1.63. The van der Waals surface area contributed by atoms with Crippen molar-refractivity contribution in [2.24, 2.45) is 11.7 Å². The van der Waals surface area contributed by atoms with E-state index in [0.717, 1.165) is 12.0 Å². The van der Waals surface area contributed by atoms with Gasteiger partial charge in [0.2, 0.25) is 11.8 Å². The summed E-state index contributed by atoms with van der Waals surface area (Å²) in [5.41, 5.74) is 7.06. The monoisotopic (exact) mass is 291 g/mol. The van der Waals surface area contributed by atoms with Crippen molar-refractivity contribution in [1.29, 1.82) is 0 Å². The molecule has 116 valence electrons. The van der Waals surface area contributed by atoms with Gasteiger partial charge in [-0.1, -0.05) is 44.2 Å². The quantitative estimate of drug-likeness (QED) is 0.795. The van der Waals surface area contributed by atoms with E-state index in [4.69, 9.17) is 5.73 Å². The lowest BCUT2D eigenvalue weighted by molar-refractivity contribution is -0.138. The minimum Gasteiger partial charge on any atom is -0.355 e. The van der Waals surface area contributed by atoms with Crippen molar-refractivity contribution in [2.75, 3.05) is 20.1 Å². The molecule has 2 atom stereocenters. The van der Waals surface area contributed by atoms with Gasteiger partial charge in [-0.05, 0) is 12.0 Å². The van der Waals surface area contributed by atoms with Gasteiger partial charge in [-0.2, -0.15) is 0 Å². The molecule has 0 bridgehead atoms. The zero-order chi connectivity index (χ0) is 15.8. The molecule has 1 aromatic rings. The number of amides is 2. The van der Waals surface area contributed by atoms with E-state index in [9.17, 15) is 9.59 Å². The van der Waals surface area contributed by atoms with Crippen LogP contribution in [0.5, 0.6) is 0 Å². The van der Waals surface area contributed by atoms with Gasteiger partial charge in [-0.3, -0.25) is 9.59 Å². The third-order valence-corrected chi connectivity index (χ3v) is 3.44. The van der Waals surface area contributed by atoms with Crippen LogP contribution in [0.1, 0.15) is 31.9 Å². The highest BCUT2D eigenvalue weighted by Crippen LogP contribution is 2.20. The number of carbonyl (C=O) groups excluding carboxylic acids is 2. The Morgan fingerprint density at radius 2 is 1.90 bits per heavy atom. The number of nitrogens with one attached hydrogen (secondary N) is 1. The summed E-state index contributed by atoms with van der Waals surface area (Å²) in [6.45, 7) is 4.46. The van der Waals surface area contributed by atoms with Crippen LogP contribution in [0.25, 0.3) is 0 Å². The predicted octanol–water partition coefficient (Wildman–Crippen LogP) is 1.31. The van der Waals surface area contributed by atoms with Crippen LogP contribution < -0.4 is 11.1 Å². The maximum Gasteiger partial charge on any atom is 0.239 e. The molecule has 0 saturated carbocycles. The van der Waals surface area contributed by atoms with Crippen LogP contribution in [-0.4, -0.2) is 36.9 Å². The number of nitrogens with zero attached hydrogens (tertiary/aromatic N) is 1. The lowest BCUT2D eigenvalue weighted by Gasteiger charge is -2.25. The zero-order valence-corrected chi connectivity index (χ0v) is 13.0. The molecule has 2 unspecified atom stereocenters. The molecule has 1 rings (SSSR count). The Morgan fingerprint density at radius 1 is 1.29 bits per heavy atom.